The van der Waals surface area contributed by atoms with Crippen molar-refractivity contribution >= 4 is 0 Å². The van der Waals surface area contributed by atoms with Crippen LogP contribution in [0.5, 0.6) is 0 Å². The molecule has 1 aromatic rings. The van der Waals surface area contributed by atoms with Crippen LogP contribution in [0.4, 0.5) is 0 Å². The molecule has 0 N–H and O–H groups in total. The van der Waals surface area contributed by atoms with Crippen LogP contribution in [0.15, 0.2) is 16.5 Å². The smallest absolute Gasteiger partial charge is 0.118 e. The third-order valence-corrected chi connectivity index (χ3v) is 5.07. The molecule has 0 aliphatic carbocycles. The zero-order valence-electron chi connectivity index (χ0n) is 13.7. The molecule has 0 unspecified atom stereocenters. The molecule has 0 saturated carbocycles. The summed E-state index contributed by atoms with van der Waals surface area (Å²) in [6, 6.07) is 5.79. The molecule has 0 aromatic carbocycles. The van der Waals surface area contributed by atoms with Crippen LogP contribution in [0, 0.1) is 0 Å². The average Bonchev–Trinajstić information content (AvgIpc) is 3.15. The molecule has 3 rings (SSSR count). The topological polar surface area (TPSA) is 22.9 Å². The Morgan fingerprint density at radius 2 is 1.76 bits per heavy atom. The molecule has 2 saturated heterocycles. The summed E-state index contributed by atoms with van der Waals surface area (Å²) in [6.07, 6.45) is 3.63. The maximum Gasteiger partial charge on any atom is 0.118 e. The molecule has 0 amide bonds. The highest BCUT2D eigenvalue weighted by molar-refractivity contribution is 5.09. The Balaban J connectivity index is 1.56. The van der Waals surface area contributed by atoms with Crippen molar-refractivity contribution < 1.29 is 4.42 Å². The minimum Gasteiger partial charge on any atom is -0.465 e. The van der Waals surface area contributed by atoms with Gasteiger partial charge in [-0.3, -0.25) is 9.80 Å². The first-order chi connectivity index (χ1) is 10.2. The van der Waals surface area contributed by atoms with E-state index in [9.17, 15) is 0 Å². The molecule has 2 atom stereocenters. The third-order valence-electron chi connectivity index (χ3n) is 5.07. The Labute approximate surface area is 128 Å². The average molecular weight is 291 g/mol. The lowest BCUT2D eigenvalue weighted by Crippen LogP contribution is -2.39. The number of aryl methyl sites for hydroxylation is 1. The summed E-state index contributed by atoms with van der Waals surface area (Å²) in [6.45, 7) is 7.99. The van der Waals surface area contributed by atoms with E-state index in [1.807, 2.05) is 0 Å². The Hall–Kier alpha value is -0.840. The van der Waals surface area contributed by atoms with Gasteiger partial charge < -0.3 is 9.32 Å². The number of likely N-dealkylation sites (N-methyl/N-ethyl adjacent to an activating group) is 1. The molecule has 2 aliphatic heterocycles. The first-order valence-electron chi connectivity index (χ1n) is 8.37. The number of likely N-dealkylation sites (tertiary alicyclic amines) is 2. The second kappa shape index (κ2) is 6.51. The van der Waals surface area contributed by atoms with Gasteiger partial charge in [0.1, 0.15) is 11.5 Å². The van der Waals surface area contributed by atoms with E-state index in [4.69, 9.17) is 4.42 Å². The minimum absolute atomic E-state index is 0.738. The van der Waals surface area contributed by atoms with Crippen molar-refractivity contribution in [2.24, 2.45) is 0 Å². The zero-order valence-corrected chi connectivity index (χ0v) is 13.7. The summed E-state index contributed by atoms with van der Waals surface area (Å²) in [5.41, 5.74) is 0. The molecule has 1 aromatic heterocycles. The Morgan fingerprint density at radius 3 is 2.43 bits per heavy atom. The molecule has 4 nitrogen and oxygen atoms in total. The molecule has 118 valence electrons. The van der Waals surface area contributed by atoms with Crippen molar-refractivity contribution in [3.8, 4) is 0 Å². The van der Waals surface area contributed by atoms with E-state index in [-0.39, 0.29) is 0 Å². The van der Waals surface area contributed by atoms with E-state index in [2.05, 4.69) is 47.9 Å². The van der Waals surface area contributed by atoms with Crippen LogP contribution in [0.3, 0.4) is 0 Å². The monoisotopic (exact) mass is 291 g/mol. The summed E-state index contributed by atoms with van der Waals surface area (Å²) < 4.78 is 5.89. The van der Waals surface area contributed by atoms with E-state index >= 15 is 0 Å². The van der Waals surface area contributed by atoms with Gasteiger partial charge in [0, 0.05) is 44.7 Å². The molecule has 21 heavy (non-hydrogen) atoms. The molecule has 0 radical (unpaired) electrons. The number of rotatable bonds is 6. The summed E-state index contributed by atoms with van der Waals surface area (Å²) in [5, 5.41) is 0. The van der Waals surface area contributed by atoms with Crippen molar-refractivity contribution in [2.75, 3.05) is 40.3 Å². The van der Waals surface area contributed by atoms with Crippen LogP contribution in [-0.2, 0) is 13.0 Å². The van der Waals surface area contributed by atoms with Gasteiger partial charge in [-0.2, -0.15) is 0 Å². The van der Waals surface area contributed by atoms with Gasteiger partial charge >= 0.3 is 0 Å². The maximum atomic E-state index is 5.89. The first kappa shape index (κ1) is 15.1. The van der Waals surface area contributed by atoms with Crippen LogP contribution in [0.1, 0.15) is 31.3 Å². The fourth-order valence-corrected chi connectivity index (χ4v) is 3.86. The van der Waals surface area contributed by atoms with E-state index in [1.165, 1.54) is 39.0 Å². The Morgan fingerprint density at radius 1 is 1.10 bits per heavy atom. The summed E-state index contributed by atoms with van der Waals surface area (Å²) in [7, 11) is 4.33. The second-order valence-corrected chi connectivity index (χ2v) is 6.74. The molecule has 2 fully saturated rings. The molecular weight excluding hydrogens is 262 g/mol. The Bertz CT molecular complexity index is 457. The Kier molecular flexibility index (Phi) is 4.67. The highest BCUT2D eigenvalue weighted by atomic mass is 16.3. The quantitative estimate of drug-likeness (QED) is 0.800. The van der Waals surface area contributed by atoms with E-state index < -0.39 is 0 Å². The molecule has 2 aliphatic rings. The fraction of sp³-hybridized carbons (Fsp3) is 0.765. The van der Waals surface area contributed by atoms with Crippen molar-refractivity contribution in [1.82, 2.24) is 14.7 Å². The summed E-state index contributed by atoms with van der Waals surface area (Å²) in [5.74, 6) is 2.25. The number of fused-ring (bicyclic) bond motifs is 1. The third kappa shape index (κ3) is 3.33. The predicted octanol–water partition coefficient (Wildman–Crippen LogP) is 2.05. The highest BCUT2D eigenvalue weighted by Crippen LogP contribution is 2.32. The van der Waals surface area contributed by atoms with Gasteiger partial charge in [-0.05, 0) is 39.1 Å². The fourth-order valence-electron chi connectivity index (χ4n) is 3.86. The SMILES string of the molecule is CCc1ccc(CN2CC[C@@H]3[C@@H]2CCN3CCN(C)C)o1. The van der Waals surface area contributed by atoms with Gasteiger partial charge in [-0.1, -0.05) is 6.92 Å². The lowest BCUT2D eigenvalue weighted by molar-refractivity contribution is 0.196. The molecule has 4 heteroatoms. The number of furan rings is 1. The molecule has 3 heterocycles. The standard InChI is InChI=1S/C17H29N3O/c1-4-14-5-6-15(21-14)13-20-10-8-16-17(20)7-9-19(16)12-11-18(2)3/h5-6,16-17H,4,7-13H2,1-3H3/t16-,17+/m1/s1. The highest BCUT2D eigenvalue weighted by Gasteiger charge is 2.42. The van der Waals surface area contributed by atoms with Crippen LogP contribution in [0.25, 0.3) is 0 Å². The lowest BCUT2D eigenvalue weighted by Gasteiger charge is -2.26. The van der Waals surface area contributed by atoms with Crippen LogP contribution >= 0.6 is 0 Å². The van der Waals surface area contributed by atoms with Crippen LogP contribution in [0.2, 0.25) is 0 Å². The predicted molar refractivity (Wildman–Crippen MR) is 85.4 cm³/mol. The van der Waals surface area contributed by atoms with Gasteiger partial charge in [0.2, 0.25) is 0 Å². The summed E-state index contributed by atoms with van der Waals surface area (Å²) >= 11 is 0. The second-order valence-electron chi connectivity index (χ2n) is 6.74. The van der Waals surface area contributed by atoms with E-state index in [0.717, 1.165) is 36.6 Å². The molecule has 0 bridgehead atoms. The van der Waals surface area contributed by atoms with Crippen molar-refractivity contribution in [3.63, 3.8) is 0 Å². The zero-order chi connectivity index (χ0) is 14.8. The normalized spacial score (nSPS) is 26.9. The van der Waals surface area contributed by atoms with Gasteiger partial charge in [0.25, 0.3) is 0 Å². The van der Waals surface area contributed by atoms with Gasteiger partial charge in [0.05, 0.1) is 6.54 Å². The number of hydrogen-bond donors (Lipinski definition) is 0. The van der Waals surface area contributed by atoms with Gasteiger partial charge in [-0.15, -0.1) is 0 Å². The van der Waals surface area contributed by atoms with Crippen molar-refractivity contribution in [3.05, 3.63) is 23.7 Å². The van der Waals surface area contributed by atoms with Gasteiger partial charge in [-0.25, -0.2) is 0 Å². The molecule has 0 spiro atoms. The van der Waals surface area contributed by atoms with Crippen LogP contribution in [-0.4, -0.2) is 67.1 Å². The number of nitrogens with zero attached hydrogens (tertiary/aromatic N) is 3. The van der Waals surface area contributed by atoms with Crippen LogP contribution < -0.4 is 0 Å². The summed E-state index contributed by atoms with van der Waals surface area (Å²) in [4.78, 5) is 7.62. The van der Waals surface area contributed by atoms with Crippen molar-refractivity contribution in [2.45, 2.75) is 44.8 Å². The maximum absolute atomic E-state index is 5.89. The van der Waals surface area contributed by atoms with E-state index in [1.54, 1.807) is 0 Å². The van der Waals surface area contributed by atoms with Crippen molar-refractivity contribution in [1.29, 1.82) is 0 Å². The largest absolute Gasteiger partial charge is 0.465 e. The minimum atomic E-state index is 0.738. The van der Waals surface area contributed by atoms with Gasteiger partial charge in [0.15, 0.2) is 0 Å². The molecular formula is C17H29N3O. The lowest BCUT2D eigenvalue weighted by atomic mass is 10.1. The van der Waals surface area contributed by atoms with E-state index in [0.29, 0.717) is 0 Å². The first-order valence-corrected chi connectivity index (χ1v) is 8.37. The number of hydrogen-bond acceptors (Lipinski definition) is 4.